The van der Waals surface area contributed by atoms with E-state index in [1.807, 2.05) is 20.4 Å². The van der Waals surface area contributed by atoms with Gasteiger partial charge in [-0.1, -0.05) is 0 Å². The molecule has 0 bridgehead atoms. The Morgan fingerprint density at radius 1 is 1.28 bits per heavy atom. The molecular formula is C11H24O6Si. The van der Waals surface area contributed by atoms with Gasteiger partial charge in [-0.2, -0.15) is 0 Å². The van der Waals surface area contributed by atoms with E-state index in [4.69, 9.17) is 23.8 Å². The monoisotopic (exact) mass is 280 g/mol. The molecule has 7 heteroatoms. The summed E-state index contributed by atoms with van der Waals surface area (Å²) in [6.07, 6.45) is -0.834. The Kier molecular flexibility index (Phi) is 9.21. The number of carbonyl (C=O) groups is 1. The third-order valence-corrected chi connectivity index (χ3v) is 5.42. The Balaban J connectivity index is 3.89. The number of ether oxygens (including phenoxy) is 1. The van der Waals surface area contributed by atoms with E-state index < -0.39 is 27.2 Å². The summed E-state index contributed by atoms with van der Waals surface area (Å²) in [4.78, 5) is 11.1. The first-order chi connectivity index (χ1) is 8.49. The summed E-state index contributed by atoms with van der Waals surface area (Å²) in [6.45, 7) is 6.59. The first-order valence-electron chi connectivity index (χ1n) is 6.22. The summed E-state index contributed by atoms with van der Waals surface area (Å²) >= 11 is 0. The molecule has 2 N–H and O–H groups in total. The van der Waals surface area contributed by atoms with Gasteiger partial charge in [0, 0.05) is 13.2 Å². The largest absolute Gasteiger partial charge is 0.464 e. The summed E-state index contributed by atoms with van der Waals surface area (Å²) < 4.78 is 16.1. The molecule has 0 saturated carbocycles. The number of esters is 1. The van der Waals surface area contributed by atoms with Gasteiger partial charge in [0.2, 0.25) is 0 Å². The summed E-state index contributed by atoms with van der Waals surface area (Å²) in [5, 5.41) is 17.5. The van der Waals surface area contributed by atoms with E-state index in [0.717, 1.165) is 6.04 Å². The van der Waals surface area contributed by atoms with Crippen LogP contribution in [-0.4, -0.2) is 57.3 Å². The highest BCUT2D eigenvalue weighted by atomic mass is 28.4. The first-order valence-corrected chi connectivity index (χ1v) is 8.75. The van der Waals surface area contributed by atoms with Crippen LogP contribution in [0.25, 0.3) is 0 Å². The molecule has 0 saturated heterocycles. The van der Waals surface area contributed by atoms with Crippen LogP contribution in [0.4, 0.5) is 0 Å². The summed E-state index contributed by atoms with van der Waals surface area (Å²) in [5.74, 6) is -0.798. The average molecular weight is 280 g/mol. The van der Waals surface area contributed by atoms with Gasteiger partial charge in [-0.05, 0) is 32.9 Å². The smallest absolute Gasteiger partial charge is 0.337 e. The van der Waals surface area contributed by atoms with Crippen LogP contribution < -0.4 is 0 Å². The second-order valence-corrected chi connectivity index (χ2v) is 7.31. The Labute approximate surface area is 109 Å². The lowest BCUT2D eigenvalue weighted by atomic mass is 10.4. The van der Waals surface area contributed by atoms with E-state index in [-0.39, 0.29) is 6.61 Å². The number of aliphatic hydroxyl groups is 2. The molecule has 1 atom stereocenters. The zero-order valence-electron chi connectivity index (χ0n) is 11.3. The summed E-state index contributed by atoms with van der Waals surface area (Å²) in [7, 11) is -2.16. The number of aliphatic hydroxyl groups excluding tert-OH is 2. The zero-order chi connectivity index (χ0) is 14.0. The van der Waals surface area contributed by atoms with Crippen molar-refractivity contribution < 1.29 is 28.6 Å². The van der Waals surface area contributed by atoms with Crippen molar-refractivity contribution in [1.82, 2.24) is 0 Å². The summed E-state index contributed by atoms with van der Waals surface area (Å²) in [6, 6.07) is 0.719. The molecule has 6 nitrogen and oxygen atoms in total. The van der Waals surface area contributed by atoms with Gasteiger partial charge in [-0.25, -0.2) is 4.79 Å². The van der Waals surface area contributed by atoms with Crippen molar-refractivity contribution in [1.29, 1.82) is 0 Å². The number of carbonyl (C=O) groups excluding carboxylic acids is 1. The fraction of sp³-hybridized carbons (Fsp3) is 0.909. The predicted molar refractivity (Wildman–Crippen MR) is 68.3 cm³/mol. The Morgan fingerprint density at radius 3 is 2.28 bits per heavy atom. The van der Waals surface area contributed by atoms with E-state index in [0.29, 0.717) is 19.6 Å². The molecule has 0 amide bonds. The molecule has 0 aliphatic heterocycles. The van der Waals surface area contributed by atoms with E-state index in [1.165, 1.54) is 0 Å². The maximum Gasteiger partial charge on any atom is 0.337 e. The Bertz CT molecular complexity index is 230. The molecule has 0 fully saturated rings. The van der Waals surface area contributed by atoms with Crippen LogP contribution in [0.1, 0.15) is 20.3 Å². The maximum absolute atomic E-state index is 11.1. The minimum atomic E-state index is -2.16. The van der Waals surface area contributed by atoms with E-state index in [1.54, 1.807) is 0 Å². The molecule has 1 unspecified atom stereocenters. The summed E-state index contributed by atoms with van der Waals surface area (Å²) in [5.41, 5.74) is 0. The highest BCUT2D eigenvalue weighted by molar-refractivity contribution is 6.66. The van der Waals surface area contributed by atoms with E-state index in [9.17, 15) is 4.79 Å². The fourth-order valence-electron chi connectivity index (χ4n) is 1.53. The highest BCUT2D eigenvalue weighted by Gasteiger charge is 2.30. The minimum Gasteiger partial charge on any atom is -0.464 e. The van der Waals surface area contributed by atoms with Gasteiger partial charge in [0.25, 0.3) is 0 Å². The van der Waals surface area contributed by atoms with Crippen LogP contribution in [0.5, 0.6) is 0 Å². The Hall–Kier alpha value is -0.473. The van der Waals surface area contributed by atoms with Gasteiger partial charge in [0.05, 0.1) is 13.2 Å². The molecule has 0 aliphatic rings. The van der Waals surface area contributed by atoms with Crippen molar-refractivity contribution in [3.05, 3.63) is 0 Å². The van der Waals surface area contributed by atoms with Crippen LogP contribution in [-0.2, 0) is 18.4 Å². The lowest BCUT2D eigenvalue weighted by Crippen LogP contribution is -2.39. The van der Waals surface area contributed by atoms with Crippen LogP contribution in [0, 0.1) is 0 Å². The number of hydrogen-bond acceptors (Lipinski definition) is 6. The topological polar surface area (TPSA) is 85.2 Å². The second-order valence-electron chi connectivity index (χ2n) is 3.97. The second kappa shape index (κ2) is 9.46. The van der Waals surface area contributed by atoms with Gasteiger partial charge in [0.15, 0.2) is 6.10 Å². The molecule has 0 spiro atoms. The molecule has 108 valence electrons. The van der Waals surface area contributed by atoms with Crippen LogP contribution in [0.3, 0.4) is 0 Å². The molecule has 18 heavy (non-hydrogen) atoms. The van der Waals surface area contributed by atoms with E-state index >= 15 is 0 Å². The molecule has 0 aromatic rings. The van der Waals surface area contributed by atoms with Crippen molar-refractivity contribution in [3.63, 3.8) is 0 Å². The van der Waals surface area contributed by atoms with Gasteiger partial charge < -0.3 is 23.8 Å². The Morgan fingerprint density at radius 2 is 1.83 bits per heavy atom. The maximum atomic E-state index is 11.1. The van der Waals surface area contributed by atoms with Gasteiger partial charge in [-0.15, -0.1) is 0 Å². The van der Waals surface area contributed by atoms with Crippen molar-refractivity contribution >= 4 is 14.5 Å². The van der Waals surface area contributed by atoms with Gasteiger partial charge >= 0.3 is 14.5 Å². The molecule has 0 aromatic carbocycles. The third kappa shape index (κ3) is 7.07. The lowest BCUT2D eigenvalue weighted by Gasteiger charge is -2.25. The number of rotatable bonds is 10. The van der Waals surface area contributed by atoms with E-state index in [2.05, 4.69) is 0 Å². The molecule has 0 rings (SSSR count). The number of hydrogen-bond donors (Lipinski definition) is 2. The van der Waals surface area contributed by atoms with Crippen molar-refractivity contribution in [2.24, 2.45) is 0 Å². The average Bonchev–Trinajstić information content (AvgIpc) is 2.34. The van der Waals surface area contributed by atoms with Crippen LogP contribution in [0.2, 0.25) is 12.6 Å². The predicted octanol–water partition coefficient (Wildman–Crippen LogP) is 0.418. The SMILES string of the molecule is CCO[Si](C)(CCCOC(=O)C(O)CO)OCC. The molecular weight excluding hydrogens is 256 g/mol. The van der Waals surface area contributed by atoms with Gasteiger partial charge in [-0.3, -0.25) is 0 Å². The first kappa shape index (κ1) is 17.5. The van der Waals surface area contributed by atoms with Crippen molar-refractivity contribution in [2.45, 2.75) is 39.0 Å². The van der Waals surface area contributed by atoms with Crippen LogP contribution in [0.15, 0.2) is 0 Å². The molecule has 0 aliphatic carbocycles. The fourth-order valence-corrected chi connectivity index (χ4v) is 3.91. The standard InChI is InChI=1S/C11H24O6Si/c1-4-16-18(3,17-5-2)8-6-7-15-11(14)10(13)9-12/h10,12-13H,4-9H2,1-3H3. The highest BCUT2D eigenvalue weighted by Crippen LogP contribution is 2.15. The third-order valence-electron chi connectivity index (χ3n) is 2.36. The molecule has 0 aromatic heterocycles. The quantitative estimate of drug-likeness (QED) is 0.343. The molecule has 0 radical (unpaired) electrons. The zero-order valence-corrected chi connectivity index (χ0v) is 12.3. The van der Waals surface area contributed by atoms with Crippen molar-refractivity contribution in [2.75, 3.05) is 26.4 Å². The van der Waals surface area contributed by atoms with Crippen molar-refractivity contribution in [3.8, 4) is 0 Å². The van der Waals surface area contributed by atoms with Gasteiger partial charge in [0.1, 0.15) is 0 Å². The normalized spacial score (nSPS) is 13.4. The molecule has 0 heterocycles. The lowest BCUT2D eigenvalue weighted by molar-refractivity contribution is -0.155. The van der Waals surface area contributed by atoms with Crippen LogP contribution >= 0.6 is 0 Å². The minimum absolute atomic E-state index is 0.193.